The number of hydrogen-bond acceptors (Lipinski definition) is 4. The van der Waals surface area contributed by atoms with Gasteiger partial charge in [-0.3, -0.25) is 0 Å². The van der Waals surface area contributed by atoms with Crippen LogP contribution in [0.1, 0.15) is 5.76 Å². The van der Waals surface area contributed by atoms with Gasteiger partial charge in [0.05, 0.1) is 17.8 Å². The quantitative estimate of drug-likeness (QED) is 0.367. The second-order valence-electron chi connectivity index (χ2n) is 6.84. The van der Waals surface area contributed by atoms with Crippen LogP contribution in [0.2, 0.25) is 0 Å². The van der Waals surface area contributed by atoms with E-state index in [1.807, 2.05) is 0 Å². The van der Waals surface area contributed by atoms with Crippen molar-refractivity contribution < 1.29 is 22.1 Å². The summed E-state index contributed by atoms with van der Waals surface area (Å²) in [5.74, 6) is -2.88. The molecule has 0 N–H and O–H groups in total. The Morgan fingerprint density at radius 3 is 2.48 bits per heavy atom. The van der Waals surface area contributed by atoms with Crippen LogP contribution in [0.5, 0.6) is 0 Å². The van der Waals surface area contributed by atoms with Crippen molar-refractivity contribution >= 4 is 0 Å². The maximum absolute atomic E-state index is 14.0. The first-order chi connectivity index (χ1) is 15.0. The number of nitrogens with zero attached hydrogens (tertiary/aromatic N) is 4. The van der Waals surface area contributed by atoms with Gasteiger partial charge < -0.3 is 9.09 Å². The van der Waals surface area contributed by atoms with Gasteiger partial charge in [-0.05, 0) is 30.3 Å². The summed E-state index contributed by atoms with van der Waals surface area (Å²) < 4.78 is 61.6. The Morgan fingerprint density at radius 1 is 0.806 bits per heavy atom. The first-order valence-corrected chi connectivity index (χ1v) is 9.17. The lowest BCUT2D eigenvalue weighted by Crippen LogP contribution is -1.99. The van der Waals surface area contributed by atoms with Gasteiger partial charge >= 0.3 is 0 Å². The maximum atomic E-state index is 14.0. The van der Waals surface area contributed by atoms with Gasteiger partial charge in [0.25, 0.3) is 0 Å². The van der Waals surface area contributed by atoms with E-state index in [0.717, 1.165) is 18.2 Å². The lowest BCUT2D eigenvalue weighted by atomic mass is 10.1. The van der Waals surface area contributed by atoms with E-state index in [0.29, 0.717) is 17.1 Å². The largest absolute Gasteiger partial charge is 0.359 e. The summed E-state index contributed by atoms with van der Waals surface area (Å²) in [4.78, 5) is 8.54. The Balaban J connectivity index is 1.42. The Hall–Kier alpha value is -4.01. The average Bonchev–Trinajstić information content (AvgIpc) is 3.37. The van der Waals surface area contributed by atoms with E-state index >= 15 is 0 Å². The van der Waals surface area contributed by atoms with Gasteiger partial charge in [0.1, 0.15) is 23.0 Å². The molecule has 0 spiro atoms. The van der Waals surface area contributed by atoms with Crippen LogP contribution in [0, 0.1) is 23.3 Å². The molecule has 9 heteroatoms. The van der Waals surface area contributed by atoms with E-state index in [1.54, 1.807) is 29.1 Å². The average molecular weight is 424 g/mol. The molecule has 3 heterocycles. The zero-order chi connectivity index (χ0) is 21.5. The second-order valence-corrected chi connectivity index (χ2v) is 6.84. The lowest BCUT2D eigenvalue weighted by Gasteiger charge is -2.04. The van der Waals surface area contributed by atoms with Gasteiger partial charge in [0.2, 0.25) is 0 Å². The summed E-state index contributed by atoms with van der Waals surface area (Å²) in [5, 5.41) is 3.84. The normalized spacial score (nSPS) is 11.4. The number of hydrogen-bond donors (Lipinski definition) is 0. The Morgan fingerprint density at radius 2 is 1.65 bits per heavy atom. The highest BCUT2D eigenvalue weighted by Gasteiger charge is 2.18. The summed E-state index contributed by atoms with van der Waals surface area (Å²) in [6.45, 7) is 0.252. The summed E-state index contributed by atoms with van der Waals surface area (Å²) in [5.41, 5.74) is 1.34. The zero-order valence-electron chi connectivity index (χ0n) is 15.7. The van der Waals surface area contributed by atoms with Gasteiger partial charge in [-0.25, -0.2) is 27.5 Å². The zero-order valence-corrected chi connectivity index (χ0v) is 15.7. The van der Waals surface area contributed by atoms with Crippen molar-refractivity contribution in [3.05, 3.63) is 90.0 Å². The molecular weight excluding hydrogens is 412 g/mol. The Bertz CT molecular complexity index is 1380. The van der Waals surface area contributed by atoms with Crippen LogP contribution in [0.25, 0.3) is 34.0 Å². The molecule has 0 saturated carbocycles. The van der Waals surface area contributed by atoms with E-state index in [-0.39, 0.29) is 29.2 Å². The number of aromatic nitrogens is 4. The van der Waals surface area contributed by atoms with Crippen molar-refractivity contribution in [1.29, 1.82) is 0 Å². The van der Waals surface area contributed by atoms with Crippen molar-refractivity contribution in [3.63, 3.8) is 0 Å². The summed E-state index contributed by atoms with van der Waals surface area (Å²) in [6, 6.07) is 10.3. The van der Waals surface area contributed by atoms with Crippen molar-refractivity contribution in [2.75, 3.05) is 0 Å². The van der Waals surface area contributed by atoms with E-state index in [4.69, 9.17) is 4.52 Å². The molecule has 0 aliphatic carbocycles. The molecule has 0 amide bonds. The number of imidazole rings is 1. The third-order valence-corrected chi connectivity index (χ3v) is 4.72. The molecule has 0 saturated heterocycles. The maximum Gasteiger partial charge on any atom is 0.169 e. The van der Waals surface area contributed by atoms with E-state index in [9.17, 15) is 17.6 Å². The summed E-state index contributed by atoms with van der Waals surface area (Å²) >= 11 is 0. The first kappa shape index (κ1) is 19.0. The third-order valence-electron chi connectivity index (χ3n) is 4.72. The molecule has 3 aromatic rings. The van der Waals surface area contributed by atoms with Crippen molar-refractivity contribution in [2.45, 2.75) is 6.54 Å². The van der Waals surface area contributed by atoms with Gasteiger partial charge in [-0.15, -0.1) is 0 Å². The number of benzene rings is 2. The minimum absolute atomic E-state index is 0.0241. The lowest BCUT2D eigenvalue weighted by molar-refractivity contribution is 0.378. The topological polar surface area (TPSA) is 56.7 Å². The van der Waals surface area contributed by atoms with Crippen LogP contribution in [0.15, 0.2) is 65.4 Å². The van der Waals surface area contributed by atoms with E-state index in [2.05, 4.69) is 15.1 Å². The molecule has 0 bridgehead atoms. The van der Waals surface area contributed by atoms with Crippen molar-refractivity contribution in [2.24, 2.45) is 0 Å². The number of rotatable bonds is 4. The van der Waals surface area contributed by atoms with Crippen LogP contribution in [-0.4, -0.2) is 19.7 Å². The Labute approximate surface area is 172 Å². The van der Waals surface area contributed by atoms with Crippen LogP contribution in [-0.2, 0) is 6.54 Å². The van der Waals surface area contributed by atoms with Crippen LogP contribution >= 0.6 is 0 Å². The van der Waals surface area contributed by atoms with E-state index < -0.39 is 23.3 Å². The van der Waals surface area contributed by atoms with Gasteiger partial charge in [0, 0.05) is 30.1 Å². The van der Waals surface area contributed by atoms with Gasteiger partial charge in [-0.1, -0.05) is 11.2 Å². The van der Waals surface area contributed by atoms with Gasteiger partial charge in [-0.2, -0.15) is 0 Å². The van der Waals surface area contributed by atoms with Crippen LogP contribution < -0.4 is 0 Å². The molecule has 0 atom stereocenters. The van der Waals surface area contributed by atoms with Crippen LogP contribution in [0.4, 0.5) is 17.6 Å². The van der Waals surface area contributed by atoms with Gasteiger partial charge in [0.15, 0.2) is 23.2 Å². The highest BCUT2D eigenvalue weighted by molar-refractivity contribution is 5.66. The first-order valence-electron chi connectivity index (χ1n) is 9.17. The fourth-order valence-corrected chi connectivity index (χ4v) is 3.24. The molecule has 5 rings (SSSR count). The smallest absolute Gasteiger partial charge is 0.169 e. The summed E-state index contributed by atoms with van der Waals surface area (Å²) in [7, 11) is 0. The number of fused-ring (bicyclic) bond motifs is 1. The standard InChI is InChI=1S/C22H12F4N4O/c23-12-4-5-14(17(25)8-12)19-9-13(31-29-19)10-30-7-6-18-20(11-30)28-22(27-18)15-2-1-3-16(24)21(15)26/h1-9,11H,10H2. The number of pyridine rings is 1. The minimum atomic E-state index is -1.01. The minimum Gasteiger partial charge on any atom is -0.359 e. The molecular formula is C22H12F4N4O. The Kier molecular flexibility index (Phi) is 4.50. The molecule has 2 aromatic carbocycles. The predicted molar refractivity (Wildman–Crippen MR) is 103 cm³/mol. The molecule has 0 radical (unpaired) electrons. The predicted octanol–water partition coefficient (Wildman–Crippen LogP) is 5.31. The molecule has 1 aromatic heterocycles. The van der Waals surface area contributed by atoms with Crippen molar-refractivity contribution in [1.82, 2.24) is 19.7 Å². The molecule has 31 heavy (non-hydrogen) atoms. The molecule has 2 aliphatic heterocycles. The third kappa shape index (κ3) is 3.54. The fourth-order valence-electron chi connectivity index (χ4n) is 3.24. The second kappa shape index (κ2) is 7.35. The fraction of sp³-hybridized carbons (Fsp3) is 0.0455. The highest BCUT2D eigenvalue weighted by Crippen LogP contribution is 2.28. The molecule has 2 aliphatic rings. The monoisotopic (exact) mass is 424 g/mol. The highest BCUT2D eigenvalue weighted by atomic mass is 19.2. The molecule has 154 valence electrons. The molecule has 0 fully saturated rings. The number of halogens is 4. The molecule has 0 unspecified atom stereocenters. The van der Waals surface area contributed by atoms with Crippen LogP contribution in [0.3, 0.4) is 0 Å². The van der Waals surface area contributed by atoms with E-state index in [1.165, 1.54) is 18.2 Å². The SMILES string of the molecule is Fc1ccc(-c2cc(Cn3ccc4nc(-c5cccc(F)c5F)nc-4c3)on2)c(F)c1. The van der Waals surface area contributed by atoms with Crippen molar-refractivity contribution in [3.8, 4) is 34.0 Å². The molecule has 5 nitrogen and oxygen atoms in total. The summed E-state index contributed by atoms with van der Waals surface area (Å²) in [6.07, 6.45) is 3.38.